The number of carboxylic acids is 1. The summed E-state index contributed by atoms with van der Waals surface area (Å²) < 4.78 is 9.75. The Bertz CT molecular complexity index is 272. The summed E-state index contributed by atoms with van der Waals surface area (Å²) in [5.74, 6) is -1.42. The van der Waals surface area contributed by atoms with Crippen molar-refractivity contribution in [2.45, 2.75) is 6.92 Å². The molecule has 0 aliphatic rings. The predicted octanol–water partition coefficient (Wildman–Crippen LogP) is -0.691. The van der Waals surface area contributed by atoms with E-state index in [1.165, 1.54) is 0 Å². The fourth-order valence-electron chi connectivity index (χ4n) is 0.451. The molecule has 0 aromatic carbocycles. The van der Waals surface area contributed by atoms with Gasteiger partial charge < -0.3 is 30.5 Å². The molecule has 0 saturated heterocycles. The first-order chi connectivity index (χ1) is 9.83. The summed E-state index contributed by atoms with van der Waals surface area (Å²) in [6.45, 7) is 9.54. The number of rotatable bonds is 9. The van der Waals surface area contributed by atoms with Gasteiger partial charge in [-0.2, -0.15) is 0 Å². The lowest BCUT2D eigenvalue weighted by Gasteiger charge is -2.01. The van der Waals surface area contributed by atoms with Gasteiger partial charge in [0.1, 0.15) is 0 Å². The van der Waals surface area contributed by atoms with Gasteiger partial charge in [-0.15, -0.1) is 0 Å². The van der Waals surface area contributed by atoms with Crippen LogP contribution in [0.2, 0.25) is 0 Å². The number of primary amides is 1. The normalized spacial score (nSPS) is 8.52. The average Bonchev–Trinajstić information content (AvgIpc) is 2.44. The highest BCUT2D eigenvalue weighted by molar-refractivity contribution is 5.90. The molecule has 0 fully saturated rings. The predicted molar refractivity (Wildman–Crippen MR) is 77.7 cm³/mol. The summed E-state index contributed by atoms with van der Waals surface area (Å²) in [4.78, 5) is 19.1. The van der Waals surface area contributed by atoms with Crippen molar-refractivity contribution in [3.8, 4) is 0 Å². The van der Waals surface area contributed by atoms with Gasteiger partial charge >= 0.3 is 5.97 Å². The van der Waals surface area contributed by atoms with E-state index < -0.39 is 11.9 Å². The van der Waals surface area contributed by atoms with Gasteiger partial charge in [0.05, 0.1) is 39.6 Å². The Morgan fingerprint density at radius 1 is 1.10 bits per heavy atom. The lowest BCUT2D eigenvalue weighted by Crippen LogP contribution is -2.10. The highest BCUT2D eigenvalue weighted by Gasteiger charge is 1.87. The largest absolute Gasteiger partial charge is 0.478 e. The molecule has 0 rings (SSSR count). The van der Waals surface area contributed by atoms with E-state index in [0.29, 0.717) is 32.0 Å². The van der Waals surface area contributed by atoms with Gasteiger partial charge in [-0.25, -0.2) is 4.79 Å². The van der Waals surface area contributed by atoms with Crippen molar-refractivity contribution in [3.63, 3.8) is 0 Å². The van der Waals surface area contributed by atoms with E-state index in [2.05, 4.69) is 13.2 Å². The second-order valence-corrected chi connectivity index (χ2v) is 3.36. The molecular formula is C13H25NO7. The number of hydrogen-bond donors (Lipinski definition) is 4. The summed E-state index contributed by atoms with van der Waals surface area (Å²) in [5.41, 5.74) is 5.09. The van der Waals surface area contributed by atoms with Crippen LogP contribution >= 0.6 is 0 Å². The molecule has 8 heteroatoms. The fourth-order valence-corrected chi connectivity index (χ4v) is 0.451. The maximum absolute atomic E-state index is 9.82. The Balaban J connectivity index is -0.000000252. The third-order valence-corrected chi connectivity index (χ3v) is 1.44. The van der Waals surface area contributed by atoms with E-state index >= 15 is 0 Å². The summed E-state index contributed by atoms with van der Waals surface area (Å²) in [7, 11) is 0. The molecule has 0 aliphatic carbocycles. The third kappa shape index (κ3) is 38.1. The van der Waals surface area contributed by atoms with Gasteiger partial charge in [-0.05, 0) is 6.92 Å². The molecule has 124 valence electrons. The first-order valence-corrected chi connectivity index (χ1v) is 6.01. The van der Waals surface area contributed by atoms with Crippen LogP contribution in [0.3, 0.4) is 0 Å². The molecule has 0 bridgehead atoms. The van der Waals surface area contributed by atoms with Crippen molar-refractivity contribution in [2.24, 2.45) is 5.73 Å². The van der Waals surface area contributed by atoms with Crippen LogP contribution in [0, 0.1) is 0 Å². The first kappa shape index (κ1) is 24.3. The maximum atomic E-state index is 9.82. The van der Waals surface area contributed by atoms with E-state index in [0.717, 1.165) is 6.08 Å². The van der Waals surface area contributed by atoms with Gasteiger partial charge in [0.25, 0.3) is 0 Å². The van der Waals surface area contributed by atoms with Crippen molar-refractivity contribution in [3.05, 3.63) is 24.8 Å². The zero-order valence-electron chi connectivity index (χ0n) is 12.3. The molecular weight excluding hydrogens is 282 g/mol. The number of aliphatic carboxylic acids is 1. The Morgan fingerprint density at radius 3 is 1.52 bits per heavy atom. The van der Waals surface area contributed by atoms with Crippen LogP contribution < -0.4 is 5.73 Å². The van der Waals surface area contributed by atoms with Gasteiger partial charge in [0.2, 0.25) is 5.91 Å². The molecule has 0 atom stereocenters. The molecule has 21 heavy (non-hydrogen) atoms. The van der Waals surface area contributed by atoms with Gasteiger partial charge in [-0.3, -0.25) is 4.79 Å². The molecule has 0 aromatic heterocycles. The monoisotopic (exact) mass is 307 g/mol. The van der Waals surface area contributed by atoms with Gasteiger partial charge in [0.15, 0.2) is 0 Å². The van der Waals surface area contributed by atoms with Crippen LogP contribution in [-0.2, 0) is 19.1 Å². The molecule has 0 spiro atoms. The van der Waals surface area contributed by atoms with Crippen LogP contribution in [-0.4, -0.2) is 66.8 Å². The number of ether oxygens (including phenoxy) is 2. The Kier molecular flexibility index (Phi) is 23.8. The number of carbonyl (C=O) groups is 2. The minimum Gasteiger partial charge on any atom is -0.478 e. The standard InChI is InChI=1S/C6H14O4.C4H7NO.C3H4O2/c7-1-3-9-5-6-10-4-2-8;1-3(2)4(5)6;1-2-3(4)5/h7-8H,1-6H2;1H2,2H3,(H2,5,6);2H,1H2,(H,4,5). The number of nitrogens with two attached hydrogens (primary N) is 1. The van der Waals surface area contributed by atoms with Crippen LogP contribution in [0.5, 0.6) is 0 Å². The summed E-state index contributed by atoms with van der Waals surface area (Å²) in [5, 5.41) is 24.1. The quantitative estimate of drug-likeness (QED) is 0.326. The number of aliphatic hydroxyl groups excluding tert-OH is 2. The molecule has 0 heterocycles. The van der Waals surface area contributed by atoms with Gasteiger partial charge in [-0.1, -0.05) is 13.2 Å². The summed E-state index contributed by atoms with van der Waals surface area (Å²) in [6, 6.07) is 0. The number of aliphatic hydroxyl groups is 2. The molecule has 0 aromatic rings. The SMILES string of the molecule is C=C(C)C(N)=O.C=CC(=O)O.OCCOCCOCCO. The van der Waals surface area contributed by atoms with Crippen LogP contribution in [0.15, 0.2) is 24.8 Å². The summed E-state index contributed by atoms with van der Waals surface area (Å²) in [6.07, 6.45) is 0.833. The number of carbonyl (C=O) groups excluding carboxylic acids is 1. The highest BCUT2D eigenvalue weighted by Crippen LogP contribution is 1.78. The molecule has 0 aliphatic heterocycles. The van der Waals surface area contributed by atoms with Crippen LogP contribution in [0.25, 0.3) is 0 Å². The van der Waals surface area contributed by atoms with Crippen LogP contribution in [0.1, 0.15) is 6.92 Å². The number of amides is 1. The lowest BCUT2D eigenvalue weighted by molar-refractivity contribution is -0.131. The van der Waals surface area contributed by atoms with Crippen molar-refractivity contribution in [2.75, 3.05) is 39.6 Å². The third-order valence-electron chi connectivity index (χ3n) is 1.44. The van der Waals surface area contributed by atoms with E-state index in [9.17, 15) is 9.59 Å². The van der Waals surface area contributed by atoms with Crippen LogP contribution in [0.4, 0.5) is 0 Å². The molecule has 0 unspecified atom stereocenters. The van der Waals surface area contributed by atoms with E-state index in [4.69, 9.17) is 30.5 Å². The second-order valence-electron chi connectivity index (χ2n) is 3.36. The van der Waals surface area contributed by atoms with Crippen molar-refractivity contribution in [1.29, 1.82) is 0 Å². The second kappa shape index (κ2) is 20.6. The molecule has 1 amide bonds. The van der Waals surface area contributed by atoms with E-state index in [-0.39, 0.29) is 13.2 Å². The minimum absolute atomic E-state index is 0.0417. The van der Waals surface area contributed by atoms with Gasteiger partial charge in [0, 0.05) is 11.6 Å². The zero-order valence-corrected chi connectivity index (χ0v) is 12.3. The molecule has 8 nitrogen and oxygen atoms in total. The van der Waals surface area contributed by atoms with E-state index in [1.807, 2.05) is 0 Å². The number of hydrogen-bond acceptors (Lipinski definition) is 6. The first-order valence-electron chi connectivity index (χ1n) is 6.01. The van der Waals surface area contributed by atoms with E-state index in [1.54, 1.807) is 6.92 Å². The Morgan fingerprint density at radius 2 is 1.38 bits per heavy atom. The van der Waals surface area contributed by atoms with Crippen molar-refractivity contribution >= 4 is 11.9 Å². The summed E-state index contributed by atoms with van der Waals surface area (Å²) >= 11 is 0. The maximum Gasteiger partial charge on any atom is 0.327 e. The molecule has 0 radical (unpaired) electrons. The number of carboxylic acid groups (broad SMARTS) is 1. The topological polar surface area (TPSA) is 139 Å². The van der Waals surface area contributed by atoms with Crippen molar-refractivity contribution in [1.82, 2.24) is 0 Å². The molecule has 5 N–H and O–H groups in total. The Hall–Kier alpha value is -1.74. The lowest BCUT2D eigenvalue weighted by atomic mass is 10.3. The van der Waals surface area contributed by atoms with Crippen molar-refractivity contribution < 1.29 is 34.4 Å². The highest BCUT2D eigenvalue weighted by atomic mass is 16.5. The minimum atomic E-state index is -0.981. The molecule has 0 saturated carbocycles. The Labute approximate surface area is 124 Å². The smallest absolute Gasteiger partial charge is 0.327 e. The fraction of sp³-hybridized carbons (Fsp3) is 0.538. The zero-order chi connectivity index (χ0) is 17.1. The average molecular weight is 307 g/mol.